The fraction of sp³-hybridized carbons (Fsp3) is 0.310. The van der Waals surface area contributed by atoms with E-state index < -0.39 is 17.8 Å². The Bertz CT molecular complexity index is 1370. The number of nitrogens with one attached hydrogen (secondary N) is 3. The average Bonchev–Trinajstić information content (AvgIpc) is 3.59. The zero-order chi connectivity index (χ0) is 27.4. The molecular weight excluding hydrogens is 501 g/mol. The normalized spacial score (nSPS) is 17.7. The van der Waals surface area contributed by atoms with E-state index in [-0.39, 0.29) is 35.7 Å². The third-order valence-electron chi connectivity index (χ3n) is 6.94. The second kappa shape index (κ2) is 11.5. The summed E-state index contributed by atoms with van der Waals surface area (Å²) in [6.07, 6.45) is 5.61. The fourth-order valence-corrected chi connectivity index (χ4v) is 4.95. The van der Waals surface area contributed by atoms with E-state index >= 15 is 0 Å². The molecule has 39 heavy (non-hydrogen) atoms. The first-order valence-electron chi connectivity index (χ1n) is 13.0. The van der Waals surface area contributed by atoms with Crippen molar-refractivity contribution in [2.45, 2.75) is 38.3 Å². The number of hydrogen-bond donors (Lipinski definition) is 3. The highest BCUT2D eigenvalue weighted by molar-refractivity contribution is 5.97. The minimum absolute atomic E-state index is 0.0527. The number of aryl methyl sites for hydroxylation is 1. The van der Waals surface area contributed by atoms with Crippen LogP contribution in [0.25, 0.3) is 0 Å². The van der Waals surface area contributed by atoms with Gasteiger partial charge in [0.05, 0.1) is 6.54 Å². The third-order valence-corrected chi connectivity index (χ3v) is 6.94. The van der Waals surface area contributed by atoms with Gasteiger partial charge >= 0.3 is 0 Å². The van der Waals surface area contributed by atoms with Crippen molar-refractivity contribution >= 4 is 23.4 Å². The van der Waals surface area contributed by atoms with Crippen LogP contribution in [-0.2, 0) is 16.0 Å². The van der Waals surface area contributed by atoms with Crippen LogP contribution in [-0.4, -0.2) is 59.3 Å². The van der Waals surface area contributed by atoms with Gasteiger partial charge in [-0.3, -0.25) is 19.4 Å². The summed E-state index contributed by atoms with van der Waals surface area (Å²) in [5, 5.41) is 8.97. The van der Waals surface area contributed by atoms with Crippen LogP contribution in [0.1, 0.15) is 34.3 Å². The number of nitrogens with zero attached hydrogens (tertiary/aromatic N) is 2. The maximum absolute atomic E-state index is 14.1. The van der Waals surface area contributed by atoms with Gasteiger partial charge in [-0.1, -0.05) is 12.1 Å². The van der Waals surface area contributed by atoms with Crippen LogP contribution in [0.5, 0.6) is 11.5 Å². The van der Waals surface area contributed by atoms with Gasteiger partial charge in [-0.15, -0.1) is 0 Å². The minimum atomic E-state index is -0.569. The molecule has 0 radical (unpaired) electrons. The predicted octanol–water partition coefficient (Wildman–Crippen LogP) is 3.20. The summed E-state index contributed by atoms with van der Waals surface area (Å²) < 4.78 is 19.7. The number of carbonyl (C=O) groups excluding carboxylic acids is 3. The average molecular weight is 532 g/mol. The number of amides is 3. The number of rotatable bonds is 8. The van der Waals surface area contributed by atoms with Gasteiger partial charge < -0.3 is 25.6 Å². The van der Waals surface area contributed by atoms with Crippen LogP contribution in [0.4, 0.5) is 10.1 Å². The molecule has 1 saturated heterocycles. The number of ether oxygens (including phenoxy) is 1. The summed E-state index contributed by atoms with van der Waals surface area (Å²) in [4.78, 5) is 44.2. The van der Waals surface area contributed by atoms with Crippen molar-refractivity contribution in [3.8, 4) is 11.5 Å². The molecule has 1 aromatic heterocycles. The number of likely N-dealkylation sites (tertiary alicyclic amines) is 1. The summed E-state index contributed by atoms with van der Waals surface area (Å²) in [6.45, 7) is 2.43. The zero-order valence-corrected chi connectivity index (χ0v) is 21.6. The predicted molar refractivity (Wildman–Crippen MR) is 143 cm³/mol. The van der Waals surface area contributed by atoms with E-state index in [9.17, 15) is 18.8 Å². The molecule has 1 unspecified atom stereocenters. The standard InChI is InChI=1S/C29H30FN5O4/c1-18-7-8-26(23(30)12-18)39-22-5-2-4-19(14-22)28(37)33-17-27(36)35-11-3-6-25(35)29(38)32-16-21-13-20-15-31-10-9-24(20)34-21/h2,4-5,7-10,12,14-15,21,25,34H,3,6,11,13,16-17H2,1H3,(H,32,38)(H,33,37)/t21?,25-/m0/s1. The highest BCUT2D eigenvalue weighted by atomic mass is 19.1. The molecule has 5 rings (SSSR count). The number of aromatic nitrogens is 1. The van der Waals surface area contributed by atoms with Crippen molar-refractivity contribution in [3.05, 3.63) is 83.4 Å². The summed E-state index contributed by atoms with van der Waals surface area (Å²) in [5.41, 5.74) is 3.18. The Labute approximate surface area is 225 Å². The highest BCUT2D eigenvalue weighted by Crippen LogP contribution is 2.26. The first-order valence-corrected chi connectivity index (χ1v) is 13.0. The largest absolute Gasteiger partial charge is 0.454 e. The summed E-state index contributed by atoms with van der Waals surface area (Å²) in [7, 11) is 0. The van der Waals surface area contributed by atoms with Crippen LogP contribution in [0, 0.1) is 12.7 Å². The zero-order valence-electron chi connectivity index (χ0n) is 21.6. The van der Waals surface area contributed by atoms with Gasteiger partial charge in [0.1, 0.15) is 11.8 Å². The second-order valence-corrected chi connectivity index (χ2v) is 9.81. The van der Waals surface area contributed by atoms with Gasteiger partial charge in [0.2, 0.25) is 11.8 Å². The second-order valence-electron chi connectivity index (χ2n) is 9.81. The molecule has 0 bridgehead atoms. The molecule has 9 nitrogen and oxygen atoms in total. The Morgan fingerprint density at radius 3 is 2.85 bits per heavy atom. The highest BCUT2D eigenvalue weighted by Gasteiger charge is 2.34. The van der Waals surface area contributed by atoms with Crippen LogP contribution in [0.3, 0.4) is 0 Å². The molecule has 0 aliphatic carbocycles. The summed E-state index contributed by atoms with van der Waals surface area (Å²) in [5.74, 6) is -1.15. The smallest absolute Gasteiger partial charge is 0.251 e. The molecular formula is C29H30FN5O4. The fourth-order valence-electron chi connectivity index (χ4n) is 4.95. The van der Waals surface area contributed by atoms with Crippen LogP contribution in [0.2, 0.25) is 0 Å². The van der Waals surface area contributed by atoms with Crippen molar-refractivity contribution in [1.29, 1.82) is 0 Å². The Hall–Kier alpha value is -4.47. The van der Waals surface area contributed by atoms with Crippen molar-refractivity contribution in [2.75, 3.05) is 25.0 Å². The number of pyridine rings is 1. The molecule has 0 saturated carbocycles. The van der Waals surface area contributed by atoms with Gasteiger partial charge in [0.15, 0.2) is 11.6 Å². The first kappa shape index (κ1) is 26.1. The number of benzene rings is 2. The van der Waals surface area contributed by atoms with Gasteiger partial charge in [0, 0.05) is 42.8 Å². The van der Waals surface area contributed by atoms with Crippen LogP contribution >= 0.6 is 0 Å². The molecule has 3 aromatic rings. The van der Waals surface area contributed by atoms with E-state index in [2.05, 4.69) is 20.9 Å². The van der Waals surface area contributed by atoms with Crippen molar-refractivity contribution in [1.82, 2.24) is 20.5 Å². The van der Waals surface area contributed by atoms with E-state index in [0.717, 1.165) is 23.2 Å². The maximum atomic E-state index is 14.1. The van der Waals surface area contributed by atoms with Crippen molar-refractivity contribution in [2.24, 2.45) is 0 Å². The van der Waals surface area contributed by atoms with Crippen molar-refractivity contribution in [3.63, 3.8) is 0 Å². The number of carbonyl (C=O) groups is 3. The lowest BCUT2D eigenvalue weighted by molar-refractivity contribution is -0.137. The lowest BCUT2D eigenvalue weighted by Gasteiger charge is -2.25. The number of halogens is 1. The molecule has 3 amide bonds. The minimum Gasteiger partial charge on any atom is -0.454 e. The molecule has 2 aliphatic rings. The van der Waals surface area contributed by atoms with Crippen molar-refractivity contribution < 1.29 is 23.5 Å². The quantitative estimate of drug-likeness (QED) is 0.412. The van der Waals surface area contributed by atoms with Gasteiger partial charge in [0.25, 0.3) is 5.91 Å². The van der Waals surface area contributed by atoms with E-state index in [4.69, 9.17) is 4.74 Å². The Morgan fingerprint density at radius 1 is 1.15 bits per heavy atom. The summed E-state index contributed by atoms with van der Waals surface area (Å²) >= 11 is 0. The molecule has 3 N–H and O–H groups in total. The summed E-state index contributed by atoms with van der Waals surface area (Å²) in [6, 6.07) is 12.3. The number of hydrogen-bond acceptors (Lipinski definition) is 6. The molecule has 10 heteroatoms. The molecule has 0 spiro atoms. The molecule has 2 aromatic carbocycles. The maximum Gasteiger partial charge on any atom is 0.251 e. The van der Waals surface area contributed by atoms with Crippen LogP contribution in [0.15, 0.2) is 60.9 Å². The van der Waals surface area contributed by atoms with Crippen LogP contribution < -0.4 is 20.7 Å². The monoisotopic (exact) mass is 531 g/mol. The van der Waals surface area contributed by atoms with E-state index in [1.165, 1.54) is 23.1 Å². The topological polar surface area (TPSA) is 113 Å². The Balaban J connectivity index is 1.12. The lowest BCUT2D eigenvalue weighted by Crippen LogP contribution is -2.50. The molecule has 2 aliphatic heterocycles. The molecule has 3 heterocycles. The number of fused-ring (bicyclic) bond motifs is 1. The van der Waals surface area contributed by atoms with Gasteiger partial charge in [-0.25, -0.2) is 4.39 Å². The molecule has 202 valence electrons. The van der Waals surface area contributed by atoms with E-state index in [1.54, 1.807) is 37.4 Å². The Morgan fingerprint density at radius 2 is 2.03 bits per heavy atom. The van der Waals surface area contributed by atoms with E-state index in [0.29, 0.717) is 31.7 Å². The van der Waals surface area contributed by atoms with Gasteiger partial charge in [-0.05, 0) is 73.7 Å². The molecule has 1 fully saturated rings. The number of anilines is 1. The third kappa shape index (κ3) is 6.17. The SMILES string of the molecule is Cc1ccc(Oc2cccc(C(=O)NCC(=O)N3CCC[C@H]3C(=O)NCC3Cc4cnccc4N3)c2)c(F)c1. The van der Waals surface area contributed by atoms with Gasteiger partial charge in [-0.2, -0.15) is 0 Å². The van der Waals surface area contributed by atoms with E-state index in [1.807, 2.05) is 12.3 Å². The Kier molecular flexibility index (Phi) is 7.72. The lowest BCUT2D eigenvalue weighted by atomic mass is 10.1. The molecule has 2 atom stereocenters. The first-order chi connectivity index (χ1) is 18.9.